The van der Waals surface area contributed by atoms with Crippen LogP contribution in [-0.2, 0) is 14.3 Å². The third kappa shape index (κ3) is 5.45. The van der Waals surface area contributed by atoms with Gasteiger partial charge in [0, 0.05) is 12.0 Å². The van der Waals surface area contributed by atoms with Crippen LogP contribution in [0.3, 0.4) is 0 Å². The Labute approximate surface area is 147 Å². The Morgan fingerprint density at radius 3 is 2.48 bits per heavy atom. The lowest BCUT2D eigenvalue weighted by Gasteiger charge is -2.04. The summed E-state index contributed by atoms with van der Waals surface area (Å²) < 4.78 is 29.0. The van der Waals surface area contributed by atoms with Gasteiger partial charge in [0.1, 0.15) is 0 Å². The molecule has 0 saturated carbocycles. The summed E-state index contributed by atoms with van der Waals surface area (Å²) in [6.07, 6.45) is 0.896. The van der Waals surface area contributed by atoms with Crippen molar-refractivity contribution in [2.24, 2.45) is 5.73 Å². The zero-order valence-electron chi connectivity index (χ0n) is 13.9. The lowest BCUT2D eigenvalue weighted by atomic mass is 10.1. The predicted molar refractivity (Wildman–Crippen MR) is 95.4 cm³/mol. The predicted octanol–water partition coefficient (Wildman–Crippen LogP) is 2.63. The quantitative estimate of drug-likeness (QED) is 0.489. The molecule has 0 aromatic heterocycles. The Morgan fingerprint density at radius 2 is 1.80 bits per heavy atom. The van der Waals surface area contributed by atoms with Crippen molar-refractivity contribution < 1.29 is 17.4 Å². The van der Waals surface area contributed by atoms with Gasteiger partial charge in [-0.3, -0.25) is 8.98 Å². The minimum absolute atomic E-state index is 0.0440. The molecule has 0 aliphatic heterocycles. The van der Waals surface area contributed by atoms with Crippen molar-refractivity contribution in [1.82, 2.24) is 0 Å². The minimum atomic E-state index is -3.74. The van der Waals surface area contributed by atoms with Crippen LogP contribution in [-0.4, -0.2) is 20.9 Å². The average Bonchev–Trinajstić information content (AvgIpc) is 2.58. The first kappa shape index (κ1) is 18.7. The zero-order chi connectivity index (χ0) is 18.3. The number of aryl methyl sites for hydroxylation is 1. The molecule has 130 valence electrons. The highest BCUT2D eigenvalue weighted by molar-refractivity contribution is 7.86. The first-order valence-electron chi connectivity index (χ1n) is 7.74. The van der Waals surface area contributed by atoms with E-state index in [-0.39, 0.29) is 11.5 Å². The van der Waals surface area contributed by atoms with E-state index in [0.29, 0.717) is 24.0 Å². The molecule has 0 unspecified atom stereocenters. The summed E-state index contributed by atoms with van der Waals surface area (Å²) in [7, 11) is -3.74. The summed E-state index contributed by atoms with van der Waals surface area (Å²) in [5.41, 5.74) is 7.19. The summed E-state index contributed by atoms with van der Waals surface area (Å²) in [4.78, 5) is 11.4. The number of unbranched alkanes of at least 4 members (excludes halogenated alkanes) is 1. The molecule has 0 radical (unpaired) electrons. The Balaban J connectivity index is 1.87. The number of rotatable bonds is 6. The normalized spacial score (nSPS) is 10.8. The fourth-order valence-corrected chi connectivity index (χ4v) is 3.01. The highest BCUT2D eigenvalue weighted by Gasteiger charge is 2.14. The molecular weight excluding hydrogens is 338 g/mol. The summed E-state index contributed by atoms with van der Waals surface area (Å²) in [5, 5.41) is 0. The van der Waals surface area contributed by atoms with Crippen LogP contribution in [0.2, 0.25) is 0 Å². The van der Waals surface area contributed by atoms with Crippen LogP contribution < -0.4 is 5.73 Å². The smallest absolute Gasteiger partial charge is 0.296 e. The molecule has 0 atom stereocenters. The second kappa shape index (κ2) is 8.47. The van der Waals surface area contributed by atoms with Gasteiger partial charge in [0.2, 0.25) is 5.91 Å². The third-order valence-electron chi connectivity index (χ3n) is 3.41. The molecule has 0 spiro atoms. The number of carbonyl (C=O) groups excluding carboxylic acids is 1. The Morgan fingerprint density at radius 1 is 1.12 bits per heavy atom. The molecule has 0 saturated heterocycles. The van der Waals surface area contributed by atoms with Crippen LogP contribution in [0.25, 0.3) is 0 Å². The Bertz CT molecular complexity index is 906. The van der Waals surface area contributed by atoms with Gasteiger partial charge in [0.25, 0.3) is 10.1 Å². The lowest BCUT2D eigenvalue weighted by Crippen LogP contribution is -2.12. The van der Waals surface area contributed by atoms with Crippen LogP contribution in [0.4, 0.5) is 0 Å². The molecule has 0 heterocycles. The number of hydrogen-bond acceptors (Lipinski definition) is 4. The van der Waals surface area contributed by atoms with E-state index in [4.69, 9.17) is 9.92 Å². The summed E-state index contributed by atoms with van der Waals surface area (Å²) in [6.45, 7) is 1.93. The van der Waals surface area contributed by atoms with Gasteiger partial charge >= 0.3 is 0 Å². The van der Waals surface area contributed by atoms with E-state index in [1.165, 1.54) is 12.1 Å². The Kier molecular flexibility index (Phi) is 6.34. The molecular formula is C19H19NO4S. The molecule has 2 N–H and O–H groups in total. The molecule has 2 aromatic rings. The average molecular weight is 357 g/mol. The van der Waals surface area contributed by atoms with Gasteiger partial charge in [0.15, 0.2) is 0 Å². The largest absolute Gasteiger partial charge is 0.366 e. The molecule has 5 nitrogen and oxygen atoms in total. The summed E-state index contributed by atoms with van der Waals surface area (Å²) >= 11 is 0. The van der Waals surface area contributed by atoms with Gasteiger partial charge in [-0.25, -0.2) is 0 Å². The van der Waals surface area contributed by atoms with E-state index >= 15 is 0 Å². The minimum Gasteiger partial charge on any atom is -0.366 e. The maximum Gasteiger partial charge on any atom is 0.296 e. The van der Waals surface area contributed by atoms with Crippen LogP contribution in [0, 0.1) is 18.8 Å². The van der Waals surface area contributed by atoms with Gasteiger partial charge < -0.3 is 5.73 Å². The van der Waals surface area contributed by atoms with Crippen molar-refractivity contribution in [3.63, 3.8) is 0 Å². The highest BCUT2D eigenvalue weighted by atomic mass is 32.2. The van der Waals surface area contributed by atoms with Crippen molar-refractivity contribution in [2.75, 3.05) is 6.61 Å². The van der Waals surface area contributed by atoms with Gasteiger partial charge in [-0.15, -0.1) is 0 Å². The first-order chi connectivity index (χ1) is 11.9. The van der Waals surface area contributed by atoms with E-state index in [0.717, 1.165) is 5.56 Å². The molecule has 25 heavy (non-hydrogen) atoms. The van der Waals surface area contributed by atoms with Gasteiger partial charge in [-0.05, 0) is 37.6 Å². The topological polar surface area (TPSA) is 86.5 Å². The van der Waals surface area contributed by atoms with Crippen molar-refractivity contribution in [2.45, 2.75) is 24.7 Å². The van der Waals surface area contributed by atoms with Crippen molar-refractivity contribution in [1.29, 1.82) is 0 Å². The van der Waals surface area contributed by atoms with E-state index in [1.54, 1.807) is 36.4 Å². The van der Waals surface area contributed by atoms with Gasteiger partial charge in [-0.2, -0.15) is 8.42 Å². The SMILES string of the molecule is Cc1ccc(S(=O)(=O)OCCCC#Cc2ccccc2C(N)=O)cc1. The molecule has 0 bridgehead atoms. The number of nitrogens with two attached hydrogens (primary N) is 1. The van der Waals surface area contributed by atoms with Crippen LogP contribution in [0.5, 0.6) is 0 Å². The van der Waals surface area contributed by atoms with E-state index in [9.17, 15) is 13.2 Å². The maximum atomic E-state index is 12.0. The monoisotopic (exact) mass is 357 g/mol. The van der Waals surface area contributed by atoms with Crippen LogP contribution in [0.15, 0.2) is 53.4 Å². The summed E-state index contributed by atoms with van der Waals surface area (Å²) in [5.74, 6) is 5.24. The molecule has 0 fully saturated rings. The fourth-order valence-electron chi connectivity index (χ4n) is 2.07. The number of primary amides is 1. The van der Waals surface area contributed by atoms with E-state index < -0.39 is 16.0 Å². The van der Waals surface area contributed by atoms with E-state index in [2.05, 4.69) is 11.8 Å². The van der Waals surface area contributed by atoms with Gasteiger partial charge in [0.05, 0.1) is 17.1 Å². The second-order valence-corrected chi connectivity index (χ2v) is 7.02. The standard InChI is InChI=1S/C19H19NO4S/c1-15-10-12-17(13-11-15)25(22,23)24-14-6-2-3-7-16-8-4-5-9-18(16)19(20)21/h4-5,8-13H,2,6,14H2,1H3,(H2,20,21). The maximum absolute atomic E-state index is 12.0. The molecule has 1 amide bonds. The number of benzene rings is 2. The van der Waals surface area contributed by atoms with Crippen molar-refractivity contribution in [3.8, 4) is 11.8 Å². The number of amides is 1. The molecule has 2 aromatic carbocycles. The van der Waals surface area contributed by atoms with Crippen molar-refractivity contribution >= 4 is 16.0 Å². The number of carbonyl (C=O) groups is 1. The lowest BCUT2D eigenvalue weighted by molar-refractivity contribution is 0.1000. The number of hydrogen-bond donors (Lipinski definition) is 1. The van der Waals surface area contributed by atoms with E-state index in [1.807, 2.05) is 6.92 Å². The van der Waals surface area contributed by atoms with Crippen molar-refractivity contribution in [3.05, 3.63) is 65.2 Å². The molecule has 0 aliphatic rings. The first-order valence-corrected chi connectivity index (χ1v) is 9.15. The summed E-state index contributed by atoms with van der Waals surface area (Å²) in [6, 6.07) is 13.3. The zero-order valence-corrected chi connectivity index (χ0v) is 14.7. The molecule has 6 heteroatoms. The second-order valence-electron chi connectivity index (χ2n) is 5.40. The fraction of sp³-hybridized carbons (Fsp3) is 0.211. The Hall–Kier alpha value is -2.62. The van der Waals surface area contributed by atoms with Crippen LogP contribution >= 0.6 is 0 Å². The van der Waals surface area contributed by atoms with Crippen LogP contribution in [0.1, 0.15) is 34.3 Å². The van der Waals surface area contributed by atoms with Gasteiger partial charge in [-0.1, -0.05) is 41.7 Å². The highest BCUT2D eigenvalue weighted by Crippen LogP contribution is 2.13. The molecule has 2 rings (SSSR count). The third-order valence-corrected chi connectivity index (χ3v) is 4.74. The molecule has 0 aliphatic carbocycles.